The van der Waals surface area contributed by atoms with Gasteiger partial charge in [0.2, 0.25) is 0 Å². The summed E-state index contributed by atoms with van der Waals surface area (Å²) in [4.78, 5) is 22.4. The molecule has 2 aromatic rings. The number of benzene rings is 1. The van der Waals surface area contributed by atoms with Gasteiger partial charge in [-0.3, -0.25) is 0 Å². The molecule has 0 radical (unpaired) electrons. The van der Waals surface area contributed by atoms with Crippen LogP contribution in [-0.4, -0.2) is 45.8 Å². The van der Waals surface area contributed by atoms with Crippen LogP contribution in [0.25, 0.3) is 11.1 Å². The summed E-state index contributed by atoms with van der Waals surface area (Å²) < 4.78 is 11.3. The van der Waals surface area contributed by atoms with Gasteiger partial charge in [-0.05, 0) is 38.5 Å². The quantitative estimate of drug-likeness (QED) is 0.805. The molecule has 1 saturated heterocycles. The van der Waals surface area contributed by atoms with Crippen LogP contribution in [0.2, 0.25) is 0 Å². The maximum absolute atomic E-state index is 12.1. The van der Waals surface area contributed by atoms with Crippen molar-refractivity contribution in [3.05, 3.63) is 42.2 Å². The molecule has 0 bridgehead atoms. The smallest absolute Gasteiger partial charge is 0.410 e. The lowest BCUT2D eigenvalue weighted by Gasteiger charge is -2.33. The molecule has 1 aliphatic heterocycles. The first-order chi connectivity index (χ1) is 13.3. The largest absolute Gasteiger partial charge is 0.460 e. The zero-order chi connectivity index (χ0) is 20.1. The number of likely N-dealkylation sites (tertiary alicyclic amines) is 1. The van der Waals surface area contributed by atoms with Gasteiger partial charge < -0.3 is 14.4 Å². The molecule has 0 spiro atoms. The maximum atomic E-state index is 12.1. The van der Waals surface area contributed by atoms with Gasteiger partial charge in [0, 0.05) is 43.9 Å². The van der Waals surface area contributed by atoms with Crippen LogP contribution in [0.3, 0.4) is 0 Å². The number of piperidine rings is 1. The number of hydrogen-bond donors (Lipinski definition) is 0. The molecular formula is C21H24N4O3. The Morgan fingerprint density at radius 3 is 2.25 bits per heavy atom. The summed E-state index contributed by atoms with van der Waals surface area (Å²) in [5.41, 5.74) is 1.92. The van der Waals surface area contributed by atoms with Gasteiger partial charge in [-0.1, -0.05) is 12.1 Å². The number of rotatable bonds is 3. The van der Waals surface area contributed by atoms with E-state index in [-0.39, 0.29) is 12.2 Å². The second-order valence-electron chi connectivity index (χ2n) is 7.73. The first-order valence-electron chi connectivity index (χ1n) is 9.31. The average molecular weight is 380 g/mol. The van der Waals surface area contributed by atoms with Gasteiger partial charge in [0.05, 0.1) is 11.6 Å². The van der Waals surface area contributed by atoms with Crippen LogP contribution < -0.4 is 4.74 Å². The third kappa shape index (κ3) is 5.19. The molecule has 3 rings (SSSR count). The molecule has 1 aliphatic rings. The Labute approximate surface area is 164 Å². The molecular weight excluding hydrogens is 356 g/mol. The van der Waals surface area contributed by atoms with Crippen LogP contribution in [0, 0.1) is 11.3 Å². The van der Waals surface area contributed by atoms with Gasteiger partial charge in [0.25, 0.3) is 0 Å². The molecule has 28 heavy (non-hydrogen) atoms. The van der Waals surface area contributed by atoms with E-state index in [1.165, 1.54) is 0 Å². The predicted octanol–water partition coefficient (Wildman–Crippen LogP) is 3.79. The van der Waals surface area contributed by atoms with Crippen molar-refractivity contribution in [1.82, 2.24) is 14.9 Å². The van der Waals surface area contributed by atoms with Gasteiger partial charge in [0.1, 0.15) is 11.7 Å². The Morgan fingerprint density at radius 1 is 1.11 bits per heavy atom. The predicted molar refractivity (Wildman–Crippen MR) is 104 cm³/mol. The summed E-state index contributed by atoms with van der Waals surface area (Å²) in [7, 11) is 0. The molecule has 7 nitrogen and oxygen atoms in total. The zero-order valence-electron chi connectivity index (χ0n) is 16.4. The average Bonchev–Trinajstić information content (AvgIpc) is 2.68. The number of amides is 1. The Kier molecular flexibility index (Phi) is 5.78. The highest BCUT2D eigenvalue weighted by Crippen LogP contribution is 2.21. The van der Waals surface area contributed by atoms with Crippen molar-refractivity contribution in [3.8, 4) is 23.2 Å². The summed E-state index contributed by atoms with van der Waals surface area (Å²) in [6, 6.07) is 9.68. The molecule has 0 N–H and O–H groups in total. The first-order valence-corrected chi connectivity index (χ1v) is 9.31. The number of nitriles is 1. The van der Waals surface area contributed by atoms with Crippen molar-refractivity contribution in [2.45, 2.75) is 45.3 Å². The van der Waals surface area contributed by atoms with E-state index >= 15 is 0 Å². The minimum absolute atomic E-state index is 0.0283. The topological polar surface area (TPSA) is 88.3 Å². The summed E-state index contributed by atoms with van der Waals surface area (Å²) >= 11 is 0. The number of hydrogen-bond acceptors (Lipinski definition) is 6. The van der Waals surface area contributed by atoms with Gasteiger partial charge in [0.15, 0.2) is 0 Å². The SMILES string of the molecule is CC(C)(C)OC(=O)N1CCC(Oc2ncc(-c3ccc(C#N)cc3)cn2)CC1. The number of ether oxygens (including phenoxy) is 2. The fourth-order valence-electron chi connectivity index (χ4n) is 2.90. The highest BCUT2D eigenvalue weighted by Gasteiger charge is 2.28. The molecule has 1 fully saturated rings. The van der Waals surface area contributed by atoms with Crippen molar-refractivity contribution in [1.29, 1.82) is 5.26 Å². The van der Waals surface area contributed by atoms with Gasteiger partial charge >= 0.3 is 12.1 Å². The lowest BCUT2D eigenvalue weighted by Crippen LogP contribution is -2.44. The molecule has 0 saturated carbocycles. The van der Waals surface area contributed by atoms with Crippen molar-refractivity contribution in [3.63, 3.8) is 0 Å². The minimum Gasteiger partial charge on any atom is -0.460 e. The summed E-state index contributed by atoms with van der Waals surface area (Å²) in [5.74, 6) is 0. The zero-order valence-corrected chi connectivity index (χ0v) is 16.4. The highest BCUT2D eigenvalue weighted by molar-refractivity contribution is 5.68. The van der Waals surface area contributed by atoms with Gasteiger partial charge in [-0.25, -0.2) is 14.8 Å². The molecule has 1 aromatic heterocycles. The van der Waals surface area contributed by atoms with E-state index in [0.29, 0.717) is 37.5 Å². The van der Waals surface area contributed by atoms with Crippen molar-refractivity contribution < 1.29 is 14.3 Å². The molecule has 7 heteroatoms. The second-order valence-corrected chi connectivity index (χ2v) is 7.73. The fourth-order valence-corrected chi connectivity index (χ4v) is 2.90. The van der Waals surface area contributed by atoms with Crippen LogP contribution >= 0.6 is 0 Å². The van der Waals surface area contributed by atoms with E-state index in [1.807, 2.05) is 32.9 Å². The van der Waals surface area contributed by atoms with Gasteiger partial charge in [-0.15, -0.1) is 0 Å². The van der Waals surface area contributed by atoms with Crippen LogP contribution in [0.5, 0.6) is 6.01 Å². The van der Waals surface area contributed by atoms with Crippen molar-refractivity contribution in [2.24, 2.45) is 0 Å². The van der Waals surface area contributed by atoms with Crippen LogP contribution in [0.1, 0.15) is 39.2 Å². The summed E-state index contributed by atoms with van der Waals surface area (Å²) in [5, 5.41) is 8.87. The number of nitrogens with zero attached hydrogens (tertiary/aromatic N) is 4. The lowest BCUT2D eigenvalue weighted by atomic mass is 10.1. The van der Waals surface area contributed by atoms with E-state index in [0.717, 1.165) is 11.1 Å². The molecule has 0 unspecified atom stereocenters. The van der Waals surface area contributed by atoms with Crippen LogP contribution in [-0.2, 0) is 4.74 Å². The van der Waals surface area contributed by atoms with E-state index in [2.05, 4.69) is 16.0 Å². The Bertz CT molecular complexity index is 843. The third-order valence-corrected chi connectivity index (χ3v) is 4.34. The van der Waals surface area contributed by atoms with Crippen LogP contribution in [0.4, 0.5) is 4.79 Å². The molecule has 1 amide bonds. The maximum Gasteiger partial charge on any atom is 0.410 e. The van der Waals surface area contributed by atoms with E-state index in [1.54, 1.807) is 29.4 Å². The minimum atomic E-state index is -0.491. The molecule has 146 valence electrons. The summed E-state index contributed by atoms with van der Waals surface area (Å²) in [6.07, 6.45) is 4.52. The van der Waals surface area contributed by atoms with Gasteiger partial charge in [-0.2, -0.15) is 5.26 Å². The van der Waals surface area contributed by atoms with E-state index in [4.69, 9.17) is 14.7 Å². The Hall–Kier alpha value is -3.14. The number of aromatic nitrogens is 2. The lowest BCUT2D eigenvalue weighted by molar-refractivity contribution is 0.0119. The monoisotopic (exact) mass is 380 g/mol. The Morgan fingerprint density at radius 2 is 1.71 bits per heavy atom. The number of carbonyl (C=O) groups is 1. The second kappa shape index (κ2) is 8.26. The van der Waals surface area contributed by atoms with E-state index < -0.39 is 5.60 Å². The summed E-state index contributed by atoms with van der Waals surface area (Å²) in [6.45, 7) is 6.75. The van der Waals surface area contributed by atoms with Crippen molar-refractivity contribution in [2.75, 3.05) is 13.1 Å². The standard InChI is InChI=1S/C21H24N4O3/c1-21(2,3)28-20(26)25-10-8-18(9-11-25)27-19-23-13-17(14-24-19)16-6-4-15(12-22)5-7-16/h4-7,13-14,18H,8-11H2,1-3H3. The molecule has 2 heterocycles. The number of carbonyl (C=O) groups excluding carboxylic acids is 1. The van der Waals surface area contributed by atoms with Crippen molar-refractivity contribution >= 4 is 6.09 Å². The van der Waals surface area contributed by atoms with E-state index in [9.17, 15) is 4.79 Å². The third-order valence-electron chi connectivity index (χ3n) is 4.34. The Balaban J connectivity index is 1.52. The normalized spacial score (nSPS) is 15.0. The fraction of sp³-hybridized carbons (Fsp3) is 0.429. The van der Waals surface area contributed by atoms with Crippen LogP contribution in [0.15, 0.2) is 36.7 Å². The molecule has 0 atom stereocenters. The molecule has 0 aliphatic carbocycles. The molecule has 1 aromatic carbocycles. The highest BCUT2D eigenvalue weighted by atomic mass is 16.6. The first kappa shape index (κ1) is 19.6.